The summed E-state index contributed by atoms with van der Waals surface area (Å²) in [4.78, 5) is 25.0. The molecule has 2 amide bonds. The van der Waals surface area contributed by atoms with Gasteiger partial charge in [-0.05, 0) is 82.5 Å². The van der Waals surface area contributed by atoms with Crippen LogP contribution in [0.1, 0.15) is 47.2 Å². The fraction of sp³-hybridized carbons (Fsp3) is 0.294. The molecule has 0 saturated carbocycles. The first kappa shape index (κ1) is 19.1. The number of anilines is 1. The maximum Gasteiger partial charge on any atom is 0.265 e. The zero-order chi connectivity index (χ0) is 17.9. The van der Waals surface area contributed by atoms with Crippen LogP contribution in [-0.4, -0.2) is 17.4 Å². The molecule has 2 N–H and O–H groups in total. The van der Waals surface area contributed by atoms with Gasteiger partial charge in [-0.2, -0.15) is 0 Å². The Bertz CT molecular complexity index is 735. The third-order valence-corrected chi connectivity index (χ3v) is 6.86. The van der Waals surface area contributed by atoms with E-state index in [4.69, 9.17) is 0 Å². The second-order valence-corrected chi connectivity index (χ2v) is 9.18. The molecule has 1 heterocycles. The molecule has 0 aliphatic carbocycles. The van der Waals surface area contributed by atoms with E-state index in [0.29, 0.717) is 16.1 Å². The lowest BCUT2D eigenvalue weighted by molar-refractivity contribution is 0.0911. The predicted octanol–water partition coefficient (Wildman–Crippen LogP) is 5.44. The van der Waals surface area contributed by atoms with Crippen LogP contribution >= 0.6 is 43.2 Å². The summed E-state index contributed by atoms with van der Waals surface area (Å²) in [5.41, 5.74) is 0.965. The molecule has 0 unspecified atom stereocenters. The zero-order valence-corrected chi connectivity index (χ0v) is 17.6. The average Bonchev–Trinajstić information content (AvgIpc) is 2.87. The van der Waals surface area contributed by atoms with Crippen molar-refractivity contribution in [3.05, 3.63) is 49.0 Å². The molecule has 2 aromatic rings. The highest BCUT2D eigenvalue weighted by Crippen LogP contribution is 2.32. The van der Waals surface area contributed by atoms with Crippen LogP contribution in [0.5, 0.6) is 0 Å². The van der Waals surface area contributed by atoms with Gasteiger partial charge >= 0.3 is 0 Å². The molecule has 7 heteroatoms. The molecule has 0 fully saturated rings. The summed E-state index contributed by atoms with van der Waals surface area (Å²) in [6, 6.07) is 8.62. The summed E-state index contributed by atoms with van der Waals surface area (Å²) in [6.07, 6.45) is 0.846. The third kappa shape index (κ3) is 4.91. The highest BCUT2D eigenvalue weighted by Gasteiger charge is 2.19. The number of nitrogens with one attached hydrogen (secondary N) is 2. The van der Waals surface area contributed by atoms with E-state index in [-0.39, 0.29) is 17.4 Å². The average molecular weight is 474 g/mol. The highest BCUT2D eigenvalue weighted by atomic mass is 79.9. The zero-order valence-electron chi connectivity index (χ0n) is 13.6. The van der Waals surface area contributed by atoms with Crippen molar-refractivity contribution in [3.8, 4) is 0 Å². The molecule has 0 aliphatic heterocycles. The summed E-state index contributed by atoms with van der Waals surface area (Å²) in [6.45, 7) is 5.99. The molecule has 0 radical (unpaired) electrons. The van der Waals surface area contributed by atoms with E-state index in [0.717, 1.165) is 14.7 Å². The van der Waals surface area contributed by atoms with E-state index >= 15 is 0 Å². The number of benzene rings is 1. The Kier molecular flexibility index (Phi) is 6.22. The van der Waals surface area contributed by atoms with Gasteiger partial charge in [0.1, 0.15) is 0 Å². The Balaban J connectivity index is 2.04. The van der Waals surface area contributed by atoms with E-state index in [1.54, 1.807) is 30.3 Å². The highest BCUT2D eigenvalue weighted by molar-refractivity contribution is 9.13. The van der Waals surface area contributed by atoms with E-state index in [1.807, 2.05) is 20.8 Å². The van der Waals surface area contributed by atoms with Gasteiger partial charge in [-0.25, -0.2) is 0 Å². The van der Waals surface area contributed by atoms with Gasteiger partial charge in [-0.3, -0.25) is 9.59 Å². The molecule has 128 valence electrons. The van der Waals surface area contributed by atoms with E-state index in [9.17, 15) is 9.59 Å². The van der Waals surface area contributed by atoms with E-state index in [1.165, 1.54) is 11.3 Å². The van der Waals surface area contributed by atoms with Gasteiger partial charge in [0.15, 0.2) is 0 Å². The first-order valence-corrected chi connectivity index (χ1v) is 9.81. The van der Waals surface area contributed by atoms with Crippen molar-refractivity contribution in [2.45, 2.75) is 32.7 Å². The predicted molar refractivity (Wildman–Crippen MR) is 106 cm³/mol. The van der Waals surface area contributed by atoms with Crippen LogP contribution in [0.25, 0.3) is 0 Å². The van der Waals surface area contributed by atoms with Crippen molar-refractivity contribution in [2.75, 3.05) is 5.32 Å². The standard InChI is InChI=1S/C17H18Br2N2O2S/c1-4-17(2,3)21-15(22)10-5-7-11(8-6-10)20-16(23)13-9-12(18)14(19)24-13/h5-9H,4H2,1-3H3,(H,20,23)(H,21,22). The Labute approximate surface area is 162 Å². The van der Waals surface area contributed by atoms with Crippen LogP contribution < -0.4 is 10.6 Å². The summed E-state index contributed by atoms with van der Waals surface area (Å²) in [5.74, 6) is -0.304. The Morgan fingerprint density at radius 3 is 2.25 bits per heavy atom. The Morgan fingerprint density at radius 2 is 1.75 bits per heavy atom. The van der Waals surface area contributed by atoms with E-state index in [2.05, 4.69) is 42.5 Å². The largest absolute Gasteiger partial charge is 0.347 e. The van der Waals surface area contributed by atoms with Crippen molar-refractivity contribution in [2.24, 2.45) is 0 Å². The molecule has 0 atom stereocenters. The number of carbonyl (C=O) groups is 2. The quantitative estimate of drug-likeness (QED) is 0.606. The maximum absolute atomic E-state index is 12.2. The molecular weight excluding hydrogens is 456 g/mol. The van der Waals surface area contributed by atoms with Gasteiger partial charge in [-0.15, -0.1) is 11.3 Å². The van der Waals surface area contributed by atoms with Crippen molar-refractivity contribution in [1.82, 2.24) is 5.32 Å². The fourth-order valence-electron chi connectivity index (χ4n) is 1.82. The lowest BCUT2D eigenvalue weighted by atomic mass is 10.0. The topological polar surface area (TPSA) is 58.2 Å². The molecule has 2 rings (SSSR count). The number of halogens is 2. The van der Waals surface area contributed by atoms with Gasteiger partial charge < -0.3 is 10.6 Å². The SMILES string of the molecule is CCC(C)(C)NC(=O)c1ccc(NC(=O)c2cc(Br)c(Br)s2)cc1. The Morgan fingerprint density at radius 1 is 1.12 bits per heavy atom. The summed E-state index contributed by atoms with van der Waals surface area (Å²) in [7, 11) is 0. The maximum atomic E-state index is 12.2. The number of rotatable bonds is 5. The van der Waals surface area contributed by atoms with Crippen molar-refractivity contribution >= 4 is 60.7 Å². The third-order valence-electron chi connectivity index (χ3n) is 3.61. The minimum Gasteiger partial charge on any atom is -0.347 e. The number of thiophene rings is 1. The van der Waals surface area contributed by atoms with Gasteiger partial charge in [-0.1, -0.05) is 6.92 Å². The molecule has 0 aliphatic rings. The molecule has 0 saturated heterocycles. The van der Waals surface area contributed by atoms with Crippen LogP contribution in [0.15, 0.2) is 38.6 Å². The van der Waals surface area contributed by atoms with Crippen LogP contribution in [0.4, 0.5) is 5.69 Å². The number of amides is 2. The normalized spacial score (nSPS) is 11.2. The van der Waals surface area contributed by atoms with Crippen LogP contribution in [0.2, 0.25) is 0 Å². The summed E-state index contributed by atoms with van der Waals surface area (Å²) in [5, 5.41) is 5.80. The second-order valence-electron chi connectivity index (χ2n) is 5.96. The molecule has 1 aromatic carbocycles. The molecule has 0 spiro atoms. The fourth-order valence-corrected chi connectivity index (χ4v) is 3.75. The van der Waals surface area contributed by atoms with Crippen LogP contribution in [-0.2, 0) is 0 Å². The second kappa shape index (κ2) is 7.80. The van der Waals surface area contributed by atoms with Gasteiger partial charge in [0.05, 0.1) is 8.66 Å². The van der Waals surface area contributed by atoms with Crippen molar-refractivity contribution in [3.63, 3.8) is 0 Å². The molecule has 4 nitrogen and oxygen atoms in total. The smallest absolute Gasteiger partial charge is 0.265 e. The lowest BCUT2D eigenvalue weighted by Crippen LogP contribution is -2.42. The minimum absolute atomic E-state index is 0.120. The van der Waals surface area contributed by atoms with Crippen LogP contribution in [0, 0.1) is 0 Å². The first-order valence-electron chi connectivity index (χ1n) is 7.40. The van der Waals surface area contributed by atoms with Gasteiger partial charge in [0, 0.05) is 21.3 Å². The molecular formula is C17H18Br2N2O2S. The monoisotopic (exact) mass is 472 g/mol. The first-order chi connectivity index (χ1) is 11.2. The lowest BCUT2D eigenvalue weighted by Gasteiger charge is -2.24. The van der Waals surface area contributed by atoms with Gasteiger partial charge in [0.2, 0.25) is 0 Å². The van der Waals surface area contributed by atoms with Crippen molar-refractivity contribution < 1.29 is 9.59 Å². The van der Waals surface area contributed by atoms with E-state index < -0.39 is 0 Å². The molecule has 24 heavy (non-hydrogen) atoms. The minimum atomic E-state index is -0.246. The van der Waals surface area contributed by atoms with Gasteiger partial charge in [0.25, 0.3) is 11.8 Å². The summed E-state index contributed by atoms with van der Waals surface area (Å²) >= 11 is 8.09. The van der Waals surface area contributed by atoms with Crippen molar-refractivity contribution in [1.29, 1.82) is 0 Å². The number of hydrogen-bond donors (Lipinski definition) is 2. The molecule has 0 bridgehead atoms. The summed E-state index contributed by atoms with van der Waals surface area (Å²) < 4.78 is 1.72. The number of hydrogen-bond acceptors (Lipinski definition) is 3. The molecule has 1 aromatic heterocycles. The Hall–Kier alpha value is -1.18. The van der Waals surface area contributed by atoms with Crippen LogP contribution in [0.3, 0.4) is 0 Å². The number of carbonyl (C=O) groups excluding carboxylic acids is 2.